The minimum absolute atomic E-state index is 0.0812. The summed E-state index contributed by atoms with van der Waals surface area (Å²) in [6, 6.07) is 74.3. The molecular weight excluding hydrogens is 711 g/mol. The topological polar surface area (TPSA) is 3.24 Å². The van der Waals surface area contributed by atoms with E-state index in [1.54, 1.807) is 0 Å². The molecule has 0 unspecified atom stereocenters. The van der Waals surface area contributed by atoms with Crippen LogP contribution >= 0.6 is 0 Å². The number of benzene rings is 8. The Morgan fingerprint density at radius 1 is 0.441 bits per heavy atom. The molecular formula is C58H45N. The minimum Gasteiger partial charge on any atom is -0.310 e. The summed E-state index contributed by atoms with van der Waals surface area (Å²) in [4.78, 5) is 2.50. The van der Waals surface area contributed by atoms with Gasteiger partial charge in [-0.2, -0.15) is 0 Å². The Balaban J connectivity index is 1.15. The maximum absolute atomic E-state index is 2.50. The van der Waals surface area contributed by atoms with Gasteiger partial charge < -0.3 is 4.90 Å². The molecule has 59 heavy (non-hydrogen) atoms. The molecule has 3 aliphatic rings. The van der Waals surface area contributed by atoms with Crippen LogP contribution in [0.4, 0.5) is 17.1 Å². The maximum atomic E-state index is 2.50. The van der Waals surface area contributed by atoms with Crippen molar-refractivity contribution >= 4 is 22.6 Å². The van der Waals surface area contributed by atoms with Crippen molar-refractivity contribution in [2.24, 2.45) is 0 Å². The quantitative estimate of drug-likeness (QED) is 0.157. The largest absolute Gasteiger partial charge is 0.310 e. The fourth-order valence-electron chi connectivity index (χ4n) is 10.6. The molecule has 0 aliphatic heterocycles. The Bertz CT molecular complexity index is 2890. The molecule has 0 spiro atoms. The van der Waals surface area contributed by atoms with Gasteiger partial charge in [-0.15, -0.1) is 0 Å². The number of hydrogen-bond donors (Lipinski definition) is 0. The fourth-order valence-corrected chi connectivity index (χ4v) is 10.6. The van der Waals surface area contributed by atoms with E-state index < -0.39 is 5.41 Å². The highest BCUT2D eigenvalue weighted by Gasteiger charge is 2.47. The molecule has 3 aliphatic carbocycles. The van der Waals surface area contributed by atoms with E-state index in [2.05, 4.69) is 231 Å². The van der Waals surface area contributed by atoms with Crippen molar-refractivity contribution in [3.63, 3.8) is 0 Å². The van der Waals surface area contributed by atoms with Crippen molar-refractivity contribution in [1.29, 1.82) is 0 Å². The standard InChI is InChI=1S/C58H45N/c1-57(2)51-29-15-12-25-46(51)47-38-37-45(39-54(47)57)59(44-35-33-41(34-36-44)40-19-6-3-7-20-40)55-32-17-14-26-48(55)49-28-18-31-53-56(49)50-27-13-16-30-52(50)58(53,42-21-8-4-9-22-42)43-23-10-5-11-24-43/h3-11,13-24,26-39H,12,25H2,1-2H3. The maximum Gasteiger partial charge on any atom is 0.0713 e. The van der Waals surface area contributed by atoms with Gasteiger partial charge in [-0.1, -0.05) is 196 Å². The van der Waals surface area contributed by atoms with E-state index in [-0.39, 0.29) is 5.41 Å². The van der Waals surface area contributed by atoms with Crippen LogP contribution < -0.4 is 4.90 Å². The number of hydrogen-bond acceptors (Lipinski definition) is 1. The monoisotopic (exact) mass is 755 g/mol. The molecule has 0 N–H and O–H groups in total. The molecule has 8 aromatic carbocycles. The first-order valence-corrected chi connectivity index (χ1v) is 21.0. The first-order chi connectivity index (χ1) is 29.0. The van der Waals surface area contributed by atoms with Crippen LogP contribution in [0.2, 0.25) is 0 Å². The molecule has 1 nitrogen and oxygen atoms in total. The smallest absolute Gasteiger partial charge is 0.0713 e. The van der Waals surface area contributed by atoms with Crippen molar-refractivity contribution in [1.82, 2.24) is 0 Å². The highest BCUT2D eigenvalue weighted by molar-refractivity contribution is 6.00. The van der Waals surface area contributed by atoms with Crippen LogP contribution in [-0.4, -0.2) is 0 Å². The van der Waals surface area contributed by atoms with Crippen molar-refractivity contribution in [3.05, 3.63) is 251 Å². The molecule has 282 valence electrons. The third kappa shape index (κ3) is 5.38. The van der Waals surface area contributed by atoms with E-state index in [0.29, 0.717) is 0 Å². The second-order valence-electron chi connectivity index (χ2n) is 16.7. The van der Waals surface area contributed by atoms with Crippen molar-refractivity contribution in [3.8, 4) is 33.4 Å². The highest BCUT2D eigenvalue weighted by atomic mass is 15.1. The molecule has 8 aromatic rings. The average Bonchev–Trinajstić information content (AvgIpc) is 3.73. The Hall–Kier alpha value is -6.96. The van der Waals surface area contributed by atoms with Gasteiger partial charge in [0.15, 0.2) is 0 Å². The van der Waals surface area contributed by atoms with Crippen LogP contribution in [0, 0.1) is 0 Å². The van der Waals surface area contributed by atoms with E-state index in [0.717, 1.165) is 29.9 Å². The Morgan fingerprint density at radius 3 is 1.75 bits per heavy atom. The summed E-state index contributed by atoms with van der Waals surface area (Å²) >= 11 is 0. The summed E-state index contributed by atoms with van der Waals surface area (Å²) in [6.45, 7) is 4.80. The minimum atomic E-state index is -0.474. The number of allylic oxidation sites excluding steroid dienone is 4. The zero-order valence-corrected chi connectivity index (χ0v) is 33.6. The number of nitrogens with zero attached hydrogens (tertiary/aromatic N) is 1. The number of rotatable bonds is 7. The first-order valence-electron chi connectivity index (χ1n) is 21.0. The zero-order valence-electron chi connectivity index (χ0n) is 33.6. The van der Waals surface area contributed by atoms with Crippen molar-refractivity contribution in [2.75, 3.05) is 4.90 Å². The molecule has 11 rings (SSSR count). The Kier molecular flexibility index (Phi) is 8.27. The van der Waals surface area contributed by atoms with Gasteiger partial charge >= 0.3 is 0 Å². The van der Waals surface area contributed by atoms with E-state index >= 15 is 0 Å². The molecule has 0 fully saturated rings. The number of para-hydroxylation sites is 1. The summed E-state index contributed by atoms with van der Waals surface area (Å²) in [5, 5.41) is 0. The van der Waals surface area contributed by atoms with E-state index in [1.165, 1.54) is 77.9 Å². The van der Waals surface area contributed by atoms with Gasteiger partial charge in [0.2, 0.25) is 0 Å². The lowest BCUT2D eigenvalue weighted by Gasteiger charge is -2.34. The summed E-state index contributed by atoms with van der Waals surface area (Å²) in [5.74, 6) is 0. The predicted molar refractivity (Wildman–Crippen MR) is 248 cm³/mol. The summed E-state index contributed by atoms with van der Waals surface area (Å²) in [6.07, 6.45) is 6.93. The van der Waals surface area contributed by atoms with Gasteiger partial charge in [-0.3, -0.25) is 0 Å². The average molecular weight is 756 g/mol. The van der Waals surface area contributed by atoms with Crippen molar-refractivity contribution in [2.45, 2.75) is 37.5 Å². The molecule has 0 amide bonds. The molecule has 0 saturated carbocycles. The molecule has 0 bridgehead atoms. The van der Waals surface area contributed by atoms with Crippen LogP contribution in [0.5, 0.6) is 0 Å². The van der Waals surface area contributed by atoms with Gasteiger partial charge in [-0.25, -0.2) is 0 Å². The second-order valence-corrected chi connectivity index (χ2v) is 16.7. The van der Waals surface area contributed by atoms with Crippen molar-refractivity contribution < 1.29 is 0 Å². The predicted octanol–water partition coefficient (Wildman–Crippen LogP) is 15.2. The van der Waals surface area contributed by atoms with Gasteiger partial charge in [0.25, 0.3) is 0 Å². The molecule has 0 saturated heterocycles. The van der Waals surface area contributed by atoms with Gasteiger partial charge in [0.1, 0.15) is 0 Å². The van der Waals surface area contributed by atoms with Gasteiger partial charge in [0.05, 0.1) is 11.1 Å². The summed E-state index contributed by atoms with van der Waals surface area (Å²) < 4.78 is 0. The Morgan fingerprint density at radius 2 is 1.02 bits per heavy atom. The zero-order chi connectivity index (χ0) is 39.6. The molecule has 1 heteroatoms. The molecule has 0 radical (unpaired) electrons. The second kappa shape index (κ2) is 13.9. The lowest BCUT2D eigenvalue weighted by atomic mass is 9.67. The third-order valence-corrected chi connectivity index (χ3v) is 13.3. The van der Waals surface area contributed by atoms with Crippen LogP contribution in [0.25, 0.3) is 39.0 Å². The third-order valence-electron chi connectivity index (χ3n) is 13.3. The van der Waals surface area contributed by atoms with Gasteiger partial charge in [-0.05, 0) is 116 Å². The SMILES string of the molecule is CC1(C)C2=C(CCC=C2)c2ccc(N(c3ccc(-c4ccccc4)cc3)c3ccccc3-c3cccc4c3-c3ccccc3C4(c3ccccc3)c3ccccc3)cc21. The molecule has 0 heterocycles. The lowest BCUT2D eigenvalue weighted by molar-refractivity contribution is 0.651. The molecule has 0 aromatic heterocycles. The van der Waals surface area contributed by atoms with Crippen LogP contribution in [0.15, 0.2) is 218 Å². The van der Waals surface area contributed by atoms with E-state index in [1.807, 2.05) is 0 Å². The van der Waals surface area contributed by atoms with E-state index in [9.17, 15) is 0 Å². The van der Waals surface area contributed by atoms with Crippen LogP contribution in [0.1, 0.15) is 60.1 Å². The van der Waals surface area contributed by atoms with Crippen LogP contribution in [-0.2, 0) is 10.8 Å². The van der Waals surface area contributed by atoms with E-state index in [4.69, 9.17) is 0 Å². The lowest BCUT2D eigenvalue weighted by Crippen LogP contribution is -2.28. The summed E-state index contributed by atoms with van der Waals surface area (Å²) in [5.41, 5.74) is 21.3. The highest BCUT2D eigenvalue weighted by Crippen LogP contribution is 2.59. The Labute approximate surface area is 348 Å². The fraction of sp³-hybridized carbons (Fsp3) is 0.103. The number of fused-ring (bicyclic) bond motifs is 5. The van der Waals surface area contributed by atoms with Crippen LogP contribution in [0.3, 0.4) is 0 Å². The normalized spacial score (nSPS) is 15.3. The van der Waals surface area contributed by atoms with Gasteiger partial charge in [0, 0.05) is 22.4 Å². The first kappa shape index (κ1) is 35.2. The molecule has 0 atom stereocenters. The number of anilines is 3. The summed E-state index contributed by atoms with van der Waals surface area (Å²) in [7, 11) is 0.